The number of hydrogen-bond donors (Lipinski definition) is 0. The van der Waals surface area contributed by atoms with E-state index in [2.05, 4.69) is 24.5 Å². The number of likely N-dealkylation sites (tertiary alicyclic amines) is 1. The van der Waals surface area contributed by atoms with Crippen LogP contribution in [0, 0.1) is 0 Å². The van der Waals surface area contributed by atoms with Crippen LogP contribution in [0.3, 0.4) is 0 Å². The summed E-state index contributed by atoms with van der Waals surface area (Å²) < 4.78 is 0. The van der Waals surface area contributed by atoms with Crippen molar-refractivity contribution in [1.82, 2.24) is 4.90 Å². The Morgan fingerprint density at radius 1 is 1.27 bits per heavy atom. The van der Waals surface area contributed by atoms with E-state index in [0.29, 0.717) is 0 Å². The van der Waals surface area contributed by atoms with E-state index in [-0.39, 0.29) is 0 Å². The molecule has 0 aliphatic carbocycles. The Labute approximate surface area is 95.5 Å². The van der Waals surface area contributed by atoms with E-state index >= 15 is 0 Å². The highest BCUT2D eigenvalue weighted by Gasteiger charge is 2.22. The summed E-state index contributed by atoms with van der Waals surface area (Å²) in [6, 6.07) is 0.865. The van der Waals surface area contributed by atoms with E-state index in [1.165, 1.54) is 57.9 Å². The molecule has 1 heterocycles. The van der Waals surface area contributed by atoms with Gasteiger partial charge in [-0.3, -0.25) is 4.90 Å². The van der Waals surface area contributed by atoms with Crippen molar-refractivity contribution < 1.29 is 0 Å². The van der Waals surface area contributed by atoms with E-state index in [4.69, 9.17) is 0 Å². The van der Waals surface area contributed by atoms with Crippen LogP contribution >= 0.6 is 0 Å². The molecule has 1 rings (SSSR count). The second-order valence-electron chi connectivity index (χ2n) is 4.78. The van der Waals surface area contributed by atoms with Crippen LogP contribution in [0.5, 0.6) is 0 Å². The molecule has 0 unspecified atom stereocenters. The van der Waals surface area contributed by atoms with Crippen LogP contribution in [0.4, 0.5) is 0 Å². The minimum atomic E-state index is 0.865. The van der Waals surface area contributed by atoms with Crippen molar-refractivity contribution in [3.63, 3.8) is 0 Å². The number of nitrogens with zero attached hydrogens (tertiary/aromatic N) is 1. The van der Waals surface area contributed by atoms with Crippen LogP contribution in [0.25, 0.3) is 0 Å². The molecule has 1 heteroatoms. The first kappa shape index (κ1) is 12.8. The van der Waals surface area contributed by atoms with Crippen molar-refractivity contribution in [1.29, 1.82) is 0 Å². The van der Waals surface area contributed by atoms with E-state index in [0.717, 1.165) is 12.6 Å². The second kappa shape index (κ2) is 7.92. The zero-order chi connectivity index (χ0) is 10.9. The van der Waals surface area contributed by atoms with Gasteiger partial charge in [-0.25, -0.2) is 0 Å². The molecule has 0 bridgehead atoms. The summed E-state index contributed by atoms with van der Waals surface area (Å²) in [6.07, 6.45) is 13.4. The minimum absolute atomic E-state index is 0.865. The van der Waals surface area contributed by atoms with Crippen molar-refractivity contribution in [3.05, 3.63) is 12.7 Å². The molecule has 1 atom stereocenters. The Morgan fingerprint density at radius 3 is 2.80 bits per heavy atom. The molecular weight excluding hydrogens is 182 g/mol. The number of unbranched alkanes of at least 4 members (excludes halogenated alkanes) is 4. The molecule has 1 aliphatic heterocycles. The Balaban J connectivity index is 2.06. The lowest BCUT2D eigenvalue weighted by Gasteiger charge is -2.22. The maximum Gasteiger partial charge on any atom is 0.0163 e. The third-order valence-corrected chi connectivity index (χ3v) is 3.50. The van der Waals surface area contributed by atoms with E-state index in [1.807, 2.05) is 0 Å². The molecule has 1 nitrogen and oxygen atoms in total. The van der Waals surface area contributed by atoms with Gasteiger partial charge in [-0.1, -0.05) is 45.1 Å². The van der Waals surface area contributed by atoms with Gasteiger partial charge >= 0.3 is 0 Å². The minimum Gasteiger partial charge on any atom is -0.297 e. The first-order valence-electron chi connectivity index (χ1n) is 6.73. The predicted octanol–water partition coefficient (Wildman–Crippen LogP) is 4.00. The van der Waals surface area contributed by atoms with Gasteiger partial charge in [-0.2, -0.15) is 0 Å². The van der Waals surface area contributed by atoms with Gasteiger partial charge in [-0.05, 0) is 25.8 Å². The number of rotatable bonds is 8. The van der Waals surface area contributed by atoms with E-state index in [9.17, 15) is 0 Å². The Hall–Kier alpha value is -0.300. The summed E-state index contributed by atoms with van der Waals surface area (Å²) in [5.74, 6) is 0. The molecule has 1 fully saturated rings. The average Bonchev–Trinajstić information content (AvgIpc) is 2.66. The van der Waals surface area contributed by atoms with Crippen molar-refractivity contribution >= 4 is 0 Å². The second-order valence-corrected chi connectivity index (χ2v) is 4.78. The lowest BCUT2D eigenvalue weighted by Crippen LogP contribution is -2.29. The first-order chi connectivity index (χ1) is 7.38. The lowest BCUT2D eigenvalue weighted by atomic mass is 10.0. The highest BCUT2D eigenvalue weighted by molar-refractivity contribution is 4.84. The average molecular weight is 209 g/mol. The molecule has 0 amide bonds. The molecule has 88 valence electrons. The maximum absolute atomic E-state index is 3.84. The monoisotopic (exact) mass is 209 g/mol. The van der Waals surface area contributed by atoms with Gasteiger partial charge in [0.1, 0.15) is 0 Å². The Morgan fingerprint density at radius 2 is 2.07 bits per heavy atom. The molecule has 0 aromatic rings. The molecule has 0 radical (unpaired) electrons. The zero-order valence-electron chi connectivity index (χ0n) is 10.4. The SMILES string of the molecule is C=CCN1CCC[C@@H]1CCCCCCC. The molecule has 0 N–H and O–H groups in total. The highest BCUT2D eigenvalue weighted by Crippen LogP contribution is 2.22. The van der Waals surface area contributed by atoms with Crippen molar-refractivity contribution in [2.24, 2.45) is 0 Å². The van der Waals surface area contributed by atoms with Crippen molar-refractivity contribution in [2.45, 2.75) is 64.3 Å². The fraction of sp³-hybridized carbons (Fsp3) is 0.857. The fourth-order valence-corrected chi connectivity index (χ4v) is 2.61. The van der Waals surface area contributed by atoms with Crippen LogP contribution in [0.1, 0.15) is 58.3 Å². The van der Waals surface area contributed by atoms with E-state index in [1.54, 1.807) is 0 Å². The van der Waals surface area contributed by atoms with Gasteiger partial charge in [0, 0.05) is 12.6 Å². The summed E-state index contributed by atoms with van der Waals surface area (Å²) in [7, 11) is 0. The predicted molar refractivity (Wildman–Crippen MR) is 68.2 cm³/mol. The molecule has 1 saturated heterocycles. The molecule has 15 heavy (non-hydrogen) atoms. The quantitative estimate of drug-likeness (QED) is 0.431. The van der Waals surface area contributed by atoms with Crippen molar-refractivity contribution in [2.75, 3.05) is 13.1 Å². The van der Waals surface area contributed by atoms with Gasteiger partial charge in [-0.15, -0.1) is 6.58 Å². The highest BCUT2D eigenvalue weighted by atomic mass is 15.2. The van der Waals surface area contributed by atoms with Crippen LogP contribution in [0.15, 0.2) is 12.7 Å². The smallest absolute Gasteiger partial charge is 0.0163 e. The van der Waals surface area contributed by atoms with Crippen LogP contribution in [-0.4, -0.2) is 24.0 Å². The van der Waals surface area contributed by atoms with Gasteiger partial charge < -0.3 is 0 Å². The standard InChI is InChI=1S/C14H27N/c1-3-5-6-7-8-10-14-11-9-13-15(14)12-4-2/h4,14H,2-3,5-13H2,1H3/t14-/m0/s1. The Bertz CT molecular complexity index is 165. The van der Waals surface area contributed by atoms with Gasteiger partial charge in [0.25, 0.3) is 0 Å². The summed E-state index contributed by atoms with van der Waals surface area (Å²) in [5, 5.41) is 0. The summed E-state index contributed by atoms with van der Waals surface area (Å²) in [5.41, 5.74) is 0. The topological polar surface area (TPSA) is 3.24 Å². The largest absolute Gasteiger partial charge is 0.297 e. The third kappa shape index (κ3) is 4.83. The third-order valence-electron chi connectivity index (χ3n) is 3.50. The summed E-state index contributed by atoms with van der Waals surface area (Å²) >= 11 is 0. The molecule has 1 aliphatic rings. The van der Waals surface area contributed by atoms with Crippen LogP contribution < -0.4 is 0 Å². The molecule has 0 aromatic heterocycles. The van der Waals surface area contributed by atoms with Crippen LogP contribution in [-0.2, 0) is 0 Å². The molecule has 0 spiro atoms. The lowest BCUT2D eigenvalue weighted by molar-refractivity contribution is 0.262. The Kier molecular flexibility index (Phi) is 6.74. The zero-order valence-corrected chi connectivity index (χ0v) is 10.4. The van der Waals surface area contributed by atoms with Gasteiger partial charge in [0.2, 0.25) is 0 Å². The van der Waals surface area contributed by atoms with Gasteiger partial charge in [0.05, 0.1) is 0 Å². The number of hydrogen-bond acceptors (Lipinski definition) is 1. The van der Waals surface area contributed by atoms with E-state index < -0.39 is 0 Å². The maximum atomic E-state index is 3.84. The van der Waals surface area contributed by atoms with Gasteiger partial charge in [0.15, 0.2) is 0 Å². The summed E-state index contributed by atoms with van der Waals surface area (Å²) in [6.45, 7) is 8.51. The van der Waals surface area contributed by atoms with Crippen LogP contribution in [0.2, 0.25) is 0 Å². The molecular formula is C14H27N. The molecule has 0 aromatic carbocycles. The van der Waals surface area contributed by atoms with Crippen molar-refractivity contribution in [3.8, 4) is 0 Å². The summed E-state index contributed by atoms with van der Waals surface area (Å²) in [4.78, 5) is 2.60. The fourth-order valence-electron chi connectivity index (χ4n) is 2.61. The normalized spacial score (nSPS) is 22.1. The first-order valence-corrected chi connectivity index (χ1v) is 6.73. The molecule has 0 saturated carbocycles.